The molecule has 1 aliphatic heterocycles. The number of H-pyrrole nitrogens is 1. The van der Waals surface area contributed by atoms with Gasteiger partial charge in [-0.25, -0.2) is 0 Å². The monoisotopic (exact) mass is 543 g/mol. The zero-order valence-electron chi connectivity index (χ0n) is 21.4. The lowest BCUT2D eigenvalue weighted by Crippen LogP contribution is -2.44. The maximum absolute atomic E-state index is 14.0. The average molecular weight is 544 g/mol. The standard InChI is InChI=1S/C30H26FN3O4S/c1-4-18-8-9-22-25(10-18)33-30-28(22)29(35)24-13-27(38-16-17(2)3)23(12-26(24)34(30)20-14-32-15-20)19-6-5-7-21(11-19)39(31,36)37/h1,5-13,17,20,32-33H,14-16H2,2-3H3. The van der Waals surface area contributed by atoms with E-state index in [0.717, 1.165) is 10.9 Å². The molecule has 0 spiro atoms. The number of ether oxygens (including phenoxy) is 1. The van der Waals surface area contributed by atoms with Gasteiger partial charge in [0.1, 0.15) is 11.4 Å². The zero-order chi connectivity index (χ0) is 27.5. The van der Waals surface area contributed by atoms with Gasteiger partial charge in [-0.3, -0.25) is 4.79 Å². The highest BCUT2D eigenvalue weighted by Crippen LogP contribution is 2.38. The van der Waals surface area contributed by atoms with Gasteiger partial charge in [0.05, 0.1) is 33.8 Å². The van der Waals surface area contributed by atoms with Crippen LogP contribution in [0, 0.1) is 18.3 Å². The summed E-state index contributed by atoms with van der Waals surface area (Å²) in [6.07, 6.45) is 5.62. The molecule has 198 valence electrons. The van der Waals surface area contributed by atoms with Crippen LogP contribution in [0.15, 0.2) is 64.3 Å². The molecule has 1 fully saturated rings. The fourth-order valence-electron chi connectivity index (χ4n) is 5.14. The zero-order valence-corrected chi connectivity index (χ0v) is 22.2. The summed E-state index contributed by atoms with van der Waals surface area (Å²) in [6.45, 7) is 5.83. The highest BCUT2D eigenvalue weighted by atomic mass is 32.3. The predicted molar refractivity (Wildman–Crippen MR) is 151 cm³/mol. The number of hydrogen-bond acceptors (Lipinski definition) is 5. The number of aromatic amines is 1. The average Bonchev–Trinajstić information content (AvgIpc) is 3.26. The number of aromatic nitrogens is 2. The number of hydrogen-bond donors (Lipinski definition) is 2. The number of fused-ring (bicyclic) bond motifs is 4. The van der Waals surface area contributed by atoms with E-state index in [9.17, 15) is 17.1 Å². The van der Waals surface area contributed by atoms with Crippen molar-refractivity contribution in [3.63, 3.8) is 0 Å². The van der Waals surface area contributed by atoms with Crippen molar-refractivity contribution in [1.29, 1.82) is 0 Å². The van der Waals surface area contributed by atoms with Crippen molar-refractivity contribution >= 4 is 43.1 Å². The third-order valence-electron chi connectivity index (χ3n) is 7.14. The molecule has 1 aliphatic rings. The normalized spacial score (nSPS) is 14.2. The number of nitrogens with zero attached hydrogens (tertiary/aromatic N) is 1. The Hall–Kier alpha value is -4.13. The summed E-state index contributed by atoms with van der Waals surface area (Å²) in [4.78, 5) is 17.0. The van der Waals surface area contributed by atoms with E-state index in [-0.39, 0.29) is 17.4 Å². The van der Waals surface area contributed by atoms with Crippen LogP contribution in [0.1, 0.15) is 25.5 Å². The van der Waals surface area contributed by atoms with Gasteiger partial charge in [-0.05, 0) is 47.9 Å². The quantitative estimate of drug-likeness (QED) is 0.229. The summed E-state index contributed by atoms with van der Waals surface area (Å²) in [5, 5.41) is 5.13. The molecule has 3 aromatic carbocycles. The first-order valence-electron chi connectivity index (χ1n) is 12.7. The van der Waals surface area contributed by atoms with Gasteiger partial charge in [-0.15, -0.1) is 10.3 Å². The summed E-state index contributed by atoms with van der Waals surface area (Å²) in [5.74, 6) is 3.26. The van der Waals surface area contributed by atoms with Crippen LogP contribution in [0.3, 0.4) is 0 Å². The minimum atomic E-state index is -4.91. The molecule has 0 unspecified atom stereocenters. The largest absolute Gasteiger partial charge is 0.493 e. The Morgan fingerprint density at radius 2 is 1.92 bits per heavy atom. The second-order valence-electron chi connectivity index (χ2n) is 10.3. The Labute approximate surface area is 224 Å². The lowest BCUT2D eigenvalue weighted by molar-refractivity contribution is 0.272. The fourth-order valence-corrected chi connectivity index (χ4v) is 5.65. The molecule has 0 radical (unpaired) electrons. The van der Waals surface area contributed by atoms with E-state index < -0.39 is 15.1 Å². The summed E-state index contributed by atoms with van der Waals surface area (Å²) in [5.41, 5.74) is 3.72. The summed E-state index contributed by atoms with van der Waals surface area (Å²) in [7, 11) is -4.91. The number of halogens is 1. The van der Waals surface area contributed by atoms with Gasteiger partial charge in [0.25, 0.3) is 0 Å². The van der Waals surface area contributed by atoms with Crippen molar-refractivity contribution in [3.8, 4) is 29.2 Å². The highest BCUT2D eigenvalue weighted by Gasteiger charge is 2.27. The lowest BCUT2D eigenvalue weighted by atomic mass is 9.99. The van der Waals surface area contributed by atoms with Gasteiger partial charge in [0.15, 0.2) is 5.43 Å². The molecule has 9 heteroatoms. The molecule has 0 saturated carbocycles. The molecule has 0 bridgehead atoms. The molecular weight excluding hydrogens is 517 g/mol. The van der Waals surface area contributed by atoms with Crippen molar-refractivity contribution in [2.24, 2.45) is 5.92 Å². The molecular formula is C30H26FN3O4S. The van der Waals surface area contributed by atoms with Crippen LogP contribution < -0.4 is 15.5 Å². The van der Waals surface area contributed by atoms with Crippen LogP contribution in [-0.4, -0.2) is 37.7 Å². The summed E-state index contributed by atoms with van der Waals surface area (Å²) < 4.78 is 45.5. The van der Waals surface area contributed by atoms with E-state index in [1.807, 2.05) is 38.1 Å². The Morgan fingerprint density at radius 3 is 2.59 bits per heavy atom. The van der Waals surface area contributed by atoms with Gasteiger partial charge >= 0.3 is 10.2 Å². The third kappa shape index (κ3) is 4.26. The van der Waals surface area contributed by atoms with Crippen molar-refractivity contribution in [3.05, 3.63) is 70.4 Å². The highest BCUT2D eigenvalue weighted by molar-refractivity contribution is 7.86. The third-order valence-corrected chi connectivity index (χ3v) is 7.96. The van der Waals surface area contributed by atoms with E-state index in [1.165, 1.54) is 18.2 Å². The minimum absolute atomic E-state index is 0.0728. The number of pyridine rings is 1. The Morgan fingerprint density at radius 1 is 1.13 bits per heavy atom. The molecule has 2 aromatic heterocycles. The van der Waals surface area contributed by atoms with E-state index in [4.69, 9.17) is 11.2 Å². The SMILES string of the molecule is C#Cc1ccc2c(c1)[nH]c1c2c(=O)c2cc(OCC(C)C)c(-c3cccc(S(=O)(=O)F)c3)cc2n1C1CNC1. The van der Waals surface area contributed by atoms with Gasteiger partial charge in [-0.1, -0.05) is 38.0 Å². The minimum Gasteiger partial charge on any atom is -0.493 e. The van der Waals surface area contributed by atoms with E-state index >= 15 is 0 Å². The molecule has 7 nitrogen and oxygen atoms in total. The predicted octanol–water partition coefficient (Wildman–Crippen LogP) is 5.12. The van der Waals surface area contributed by atoms with Crippen molar-refractivity contribution < 1.29 is 17.0 Å². The molecule has 5 aromatic rings. The van der Waals surface area contributed by atoms with Gasteiger partial charge in [0.2, 0.25) is 0 Å². The van der Waals surface area contributed by atoms with Crippen molar-refractivity contribution in [1.82, 2.24) is 14.9 Å². The maximum atomic E-state index is 14.0. The van der Waals surface area contributed by atoms with Crippen LogP contribution in [-0.2, 0) is 10.2 Å². The van der Waals surface area contributed by atoms with E-state index in [1.54, 1.807) is 12.1 Å². The van der Waals surface area contributed by atoms with Crippen LogP contribution >= 0.6 is 0 Å². The molecule has 1 saturated heterocycles. The van der Waals surface area contributed by atoms with Crippen LogP contribution in [0.2, 0.25) is 0 Å². The summed E-state index contributed by atoms with van der Waals surface area (Å²) in [6, 6.07) is 14.9. The Kier molecular flexibility index (Phi) is 5.97. The topological polar surface area (TPSA) is 93.2 Å². The molecule has 0 aliphatic carbocycles. The van der Waals surface area contributed by atoms with Crippen molar-refractivity contribution in [2.45, 2.75) is 24.8 Å². The fraction of sp³-hybridized carbons (Fsp3) is 0.233. The van der Waals surface area contributed by atoms with Crippen LogP contribution in [0.4, 0.5) is 3.89 Å². The number of terminal acetylenes is 1. The van der Waals surface area contributed by atoms with Gasteiger partial charge in [-0.2, -0.15) is 8.42 Å². The van der Waals surface area contributed by atoms with Crippen LogP contribution in [0.5, 0.6) is 5.75 Å². The van der Waals surface area contributed by atoms with Crippen molar-refractivity contribution in [2.75, 3.05) is 19.7 Å². The first-order chi connectivity index (χ1) is 18.7. The molecule has 39 heavy (non-hydrogen) atoms. The van der Waals surface area contributed by atoms with E-state index in [2.05, 4.69) is 20.8 Å². The molecule has 6 rings (SSSR count). The second kappa shape index (κ2) is 9.26. The first kappa shape index (κ1) is 25.2. The van der Waals surface area contributed by atoms with E-state index in [0.29, 0.717) is 64.1 Å². The van der Waals surface area contributed by atoms with Gasteiger partial charge in [0, 0.05) is 35.1 Å². The molecule has 0 atom stereocenters. The number of nitrogens with one attached hydrogen (secondary N) is 2. The first-order valence-corrected chi connectivity index (χ1v) is 14.1. The number of benzene rings is 3. The smallest absolute Gasteiger partial charge is 0.332 e. The molecule has 3 heterocycles. The molecule has 2 N–H and O–H groups in total. The lowest BCUT2D eigenvalue weighted by Gasteiger charge is -2.32. The summed E-state index contributed by atoms with van der Waals surface area (Å²) >= 11 is 0. The number of rotatable bonds is 6. The Balaban J connectivity index is 1.72. The van der Waals surface area contributed by atoms with Gasteiger partial charge < -0.3 is 19.6 Å². The Bertz CT molecular complexity index is 2000. The van der Waals surface area contributed by atoms with Crippen LogP contribution in [0.25, 0.3) is 44.0 Å². The second-order valence-corrected chi connectivity index (χ2v) is 11.6. The maximum Gasteiger partial charge on any atom is 0.332 e. The molecule has 0 amide bonds.